The fraction of sp³-hybridized carbons (Fsp3) is 0.0952. The van der Waals surface area contributed by atoms with Gasteiger partial charge in [-0.2, -0.15) is 0 Å². The van der Waals surface area contributed by atoms with Crippen molar-refractivity contribution in [2.24, 2.45) is 0 Å². The SMILES string of the molecule is Nc1ccc(F)cc1NC(=O)c1ccc(CNC(=O)NCc2cccnc2)cc1. The molecule has 0 unspecified atom stereocenters. The lowest BCUT2D eigenvalue weighted by molar-refractivity contribution is 0.102. The molecule has 148 valence electrons. The van der Waals surface area contributed by atoms with Crippen LogP contribution < -0.4 is 21.7 Å². The number of pyridine rings is 1. The van der Waals surface area contributed by atoms with E-state index in [1.165, 1.54) is 12.1 Å². The maximum absolute atomic E-state index is 13.3. The predicted octanol–water partition coefficient (Wildman–Crippen LogP) is 3.05. The van der Waals surface area contributed by atoms with Crippen LogP contribution >= 0.6 is 0 Å². The van der Waals surface area contributed by atoms with Gasteiger partial charge in [0, 0.05) is 31.0 Å². The highest BCUT2D eigenvalue weighted by Crippen LogP contribution is 2.20. The minimum absolute atomic E-state index is 0.214. The van der Waals surface area contributed by atoms with Gasteiger partial charge in [0.1, 0.15) is 5.82 Å². The van der Waals surface area contributed by atoms with Gasteiger partial charge in [-0.25, -0.2) is 9.18 Å². The number of carbonyl (C=O) groups excluding carboxylic acids is 2. The Bertz CT molecular complexity index is 994. The Morgan fingerprint density at radius 2 is 1.69 bits per heavy atom. The number of hydrogen-bond acceptors (Lipinski definition) is 4. The molecule has 0 spiro atoms. The quantitative estimate of drug-likeness (QED) is 0.483. The summed E-state index contributed by atoms with van der Waals surface area (Å²) >= 11 is 0. The molecule has 3 amide bonds. The molecular formula is C21H20FN5O2. The maximum atomic E-state index is 13.3. The van der Waals surface area contributed by atoms with Crippen molar-refractivity contribution < 1.29 is 14.0 Å². The molecule has 7 nitrogen and oxygen atoms in total. The van der Waals surface area contributed by atoms with Crippen molar-refractivity contribution >= 4 is 23.3 Å². The zero-order valence-electron chi connectivity index (χ0n) is 15.5. The van der Waals surface area contributed by atoms with E-state index in [0.29, 0.717) is 18.7 Å². The number of halogens is 1. The van der Waals surface area contributed by atoms with Crippen LogP contribution in [0.25, 0.3) is 0 Å². The third-order valence-corrected chi connectivity index (χ3v) is 4.11. The summed E-state index contributed by atoms with van der Waals surface area (Å²) in [5, 5.41) is 8.06. The average molecular weight is 393 g/mol. The summed E-state index contributed by atoms with van der Waals surface area (Å²) < 4.78 is 13.3. The standard InChI is InChI=1S/C21H20FN5O2/c22-17-7-8-18(23)19(10-17)27-20(28)16-5-3-14(4-6-16)12-25-21(29)26-13-15-2-1-9-24-11-15/h1-11H,12-13,23H2,(H,27,28)(H2,25,26,29). The van der Waals surface area contributed by atoms with Gasteiger partial charge in [-0.15, -0.1) is 0 Å². The number of aromatic nitrogens is 1. The summed E-state index contributed by atoms with van der Waals surface area (Å²) in [6.07, 6.45) is 3.35. The van der Waals surface area contributed by atoms with Crippen LogP contribution in [0.1, 0.15) is 21.5 Å². The molecule has 5 N–H and O–H groups in total. The number of nitrogens with two attached hydrogens (primary N) is 1. The number of nitrogen functional groups attached to an aromatic ring is 1. The van der Waals surface area contributed by atoms with Crippen LogP contribution in [-0.2, 0) is 13.1 Å². The molecule has 0 bridgehead atoms. The molecule has 0 aliphatic heterocycles. The lowest BCUT2D eigenvalue weighted by atomic mass is 10.1. The van der Waals surface area contributed by atoms with Gasteiger partial charge < -0.3 is 21.7 Å². The molecule has 8 heteroatoms. The summed E-state index contributed by atoms with van der Waals surface area (Å²) in [5.74, 6) is -0.895. The van der Waals surface area contributed by atoms with E-state index < -0.39 is 11.7 Å². The zero-order chi connectivity index (χ0) is 20.6. The Morgan fingerprint density at radius 1 is 0.966 bits per heavy atom. The molecule has 1 heterocycles. The summed E-state index contributed by atoms with van der Waals surface area (Å²) in [5.41, 5.74) is 8.34. The van der Waals surface area contributed by atoms with Crippen molar-refractivity contribution in [1.82, 2.24) is 15.6 Å². The maximum Gasteiger partial charge on any atom is 0.315 e. The second-order valence-corrected chi connectivity index (χ2v) is 6.28. The lowest BCUT2D eigenvalue weighted by Crippen LogP contribution is -2.34. The van der Waals surface area contributed by atoms with Crippen LogP contribution in [0.4, 0.5) is 20.6 Å². The fourth-order valence-corrected chi connectivity index (χ4v) is 2.54. The number of rotatable bonds is 6. The molecule has 0 fully saturated rings. The van der Waals surface area contributed by atoms with E-state index in [1.807, 2.05) is 6.07 Å². The number of carbonyl (C=O) groups is 2. The molecule has 0 saturated heterocycles. The summed E-state index contributed by atoms with van der Waals surface area (Å²) in [6.45, 7) is 0.680. The van der Waals surface area contributed by atoms with E-state index in [1.54, 1.807) is 42.7 Å². The number of hydrogen-bond donors (Lipinski definition) is 4. The zero-order valence-corrected chi connectivity index (χ0v) is 15.5. The van der Waals surface area contributed by atoms with Crippen LogP contribution in [0.2, 0.25) is 0 Å². The number of nitrogens with zero attached hydrogens (tertiary/aromatic N) is 1. The first kappa shape index (κ1) is 19.8. The van der Waals surface area contributed by atoms with E-state index in [9.17, 15) is 14.0 Å². The second kappa shape index (κ2) is 9.32. The summed E-state index contributed by atoms with van der Waals surface area (Å²) in [7, 11) is 0. The second-order valence-electron chi connectivity index (χ2n) is 6.28. The van der Waals surface area contributed by atoms with Gasteiger partial charge >= 0.3 is 6.03 Å². The minimum Gasteiger partial charge on any atom is -0.397 e. The average Bonchev–Trinajstić information content (AvgIpc) is 2.74. The molecule has 3 rings (SSSR count). The largest absolute Gasteiger partial charge is 0.397 e. The van der Waals surface area contributed by atoms with Crippen LogP contribution in [0, 0.1) is 5.82 Å². The molecule has 0 aliphatic rings. The van der Waals surface area contributed by atoms with E-state index in [-0.39, 0.29) is 17.4 Å². The first-order valence-electron chi connectivity index (χ1n) is 8.87. The highest BCUT2D eigenvalue weighted by Gasteiger charge is 2.09. The Kier molecular flexibility index (Phi) is 6.36. The number of urea groups is 1. The number of anilines is 2. The molecule has 3 aromatic rings. The molecule has 0 saturated carbocycles. The number of benzene rings is 2. The van der Waals surface area contributed by atoms with E-state index in [4.69, 9.17) is 5.73 Å². The summed E-state index contributed by atoms with van der Waals surface area (Å²) in [6, 6.07) is 13.8. The van der Waals surface area contributed by atoms with Crippen LogP contribution in [-0.4, -0.2) is 16.9 Å². The lowest BCUT2D eigenvalue weighted by Gasteiger charge is -2.10. The van der Waals surface area contributed by atoms with E-state index >= 15 is 0 Å². The minimum atomic E-state index is -0.488. The van der Waals surface area contributed by atoms with Crippen molar-refractivity contribution in [3.63, 3.8) is 0 Å². The van der Waals surface area contributed by atoms with Crippen molar-refractivity contribution in [1.29, 1.82) is 0 Å². The Morgan fingerprint density at radius 3 is 2.38 bits per heavy atom. The Hall–Kier alpha value is -3.94. The number of nitrogens with one attached hydrogen (secondary N) is 3. The fourth-order valence-electron chi connectivity index (χ4n) is 2.54. The van der Waals surface area contributed by atoms with Gasteiger partial charge in [0.25, 0.3) is 5.91 Å². The third-order valence-electron chi connectivity index (χ3n) is 4.11. The van der Waals surface area contributed by atoms with Crippen LogP contribution in [0.15, 0.2) is 67.0 Å². The van der Waals surface area contributed by atoms with E-state index in [0.717, 1.165) is 17.2 Å². The molecule has 0 atom stereocenters. The predicted molar refractivity (Wildman–Crippen MR) is 109 cm³/mol. The molecular weight excluding hydrogens is 373 g/mol. The summed E-state index contributed by atoms with van der Waals surface area (Å²) in [4.78, 5) is 28.2. The highest BCUT2D eigenvalue weighted by molar-refractivity contribution is 6.05. The van der Waals surface area contributed by atoms with Crippen molar-refractivity contribution in [3.8, 4) is 0 Å². The Balaban J connectivity index is 1.50. The normalized spacial score (nSPS) is 10.2. The van der Waals surface area contributed by atoms with Gasteiger partial charge in [-0.3, -0.25) is 9.78 Å². The molecule has 0 aliphatic carbocycles. The first-order valence-corrected chi connectivity index (χ1v) is 8.87. The molecule has 29 heavy (non-hydrogen) atoms. The molecule has 1 aromatic heterocycles. The van der Waals surface area contributed by atoms with Crippen molar-refractivity contribution in [2.75, 3.05) is 11.1 Å². The first-order chi connectivity index (χ1) is 14.0. The van der Waals surface area contributed by atoms with Crippen LogP contribution in [0.3, 0.4) is 0 Å². The van der Waals surface area contributed by atoms with Crippen LogP contribution in [0.5, 0.6) is 0 Å². The molecule has 0 radical (unpaired) electrons. The van der Waals surface area contributed by atoms with Gasteiger partial charge in [-0.05, 0) is 47.5 Å². The van der Waals surface area contributed by atoms with Crippen molar-refractivity contribution in [3.05, 3.63) is 89.5 Å². The monoisotopic (exact) mass is 393 g/mol. The van der Waals surface area contributed by atoms with Gasteiger partial charge in [0.15, 0.2) is 0 Å². The van der Waals surface area contributed by atoms with Gasteiger partial charge in [0.05, 0.1) is 11.4 Å². The molecule has 2 aromatic carbocycles. The Labute approximate surface area is 167 Å². The van der Waals surface area contributed by atoms with Crippen molar-refractivity contribution in [2.45, 2.75) is 13.1 Å². The van der Waals surface area contributed by atoms with E-state index in [2.05, 4.69) is 20.9 Å². The van der Waals surface area contributed by atoms with Gasteiger partial charge in [-0.1, -0.05) is 18.2 Å². The smallest absolute Gasteiger partial charge is 0.315 e. The third kappa shape index (κ3) is 5.77. The number of amides is 3. The topological polar surface area (TPSA) is 109 Å². The van der Waals surface area contributed by atoms with Gasteiger partial charge in [0.2, 0.25) is 0 Å². The highest BCUT2D eigenvalue weighted by atomic mass is 19.1.